The molecule has 2 N–H and O–H groups in total. The van der Waals surface area contributed by atoms with E-state index >= 15 is 0 Å². The SMILES string of the molecule is Cn1ccc(C(=O)NC2COCC2(C)C(=O)O)n1. The number of aryl methyl sites for hydroxylation is 1. The molecule has 0 saturated carbocycles. The minimum Gasteiger partial charge on any atom is -0.481 e. The zero-order valence-electron chi connectivity index (χ0n) is 10.2. The van der Waals surface area contributed by atoms with Gasteiger partial charge in [-0.3, -0.25) is 14.3 Å². The first-order valence-electron chi connectivity index (χ1n) is 5.55. The van der Waals surface area contributed by atoms with Crippen LogP contribution in [0.25, 0.3) is 0 Å². The number of aromatic nitrogens is 2. The van der Waals surface area contributed by atoms with E-state index in [4.69, 9.17) is 4.74 Å². The molecule has 1 aromatic rings. The van der Waals surface area contributed by atoms with Crippen LogP contribution in [0.15, 0.2) is 12.3 Å². The van der Waals surface area contributed by atoms with E-state index < -0.39 is 23.3 Å². The van der Waals surface area contributed by atoms with Crippen LogP contribution in [0.4, 0.5) is 0 Å². The van der Waals surface area contributed by atoms with Crippen molar-refractivity contribution in [3.63, 3.8) is 0 Å². The van der Waals surface area contributed by atoms with E-state index in [-0.39, 0.29) is 18.9 Å². The molecule has 1 aliphatic heterocycles. The number of aliphatic carboxylic acids is 1. The van der Waals surface area contributed by atoms with Gasteiger partial charge < -0.3 is 15.2 Å². The molecular weight excluding hydrogens is 238 g/mol. The fraction of sp³-hybridized carbons (Fsp3) is 0.545. The predicted molar refractivity (Wildman–Crippen MR) is 61.0 cm³/mol. The average molecular weight is 253 g/mol. The maximum Gasteiger partial charge on any atom is 0.313 e. The number of rotatable bonds is 3. The van der Waals surface area contributed by atoms with Gasteiger partial charge in [0.05, 0.1) is 19.3 Å². The van der Waals surface area contributed by atoms with E-state index in [0.29, 0.717) is 0 Å². The van der Waals surface area contributed by atoms with Gasteiger partial charge >= 0.3 is 5.97 Å². The Morgan fingerprint density at radius 2 is 2.39 bits per heavy atom. The number of ether oxygens (including phenoxy) is 1. The highest BCUT2D eigenvalue weighted by Gasteiger charge is 2.47. The van der Waals surface area contributed by atoms with Gasteiger partial charge in [-0.25, -0.2) is 0 Å². The fourth-order valence-corrected chi connectivity index (χ4v) is 1.85. The van der Waals surface area contributed by atoms with Crippen LogP contribution in [0.5, 0.6) is 0 Å². The molecule has 1 saturated heterocycles. The Hall–Kier alpha value is -1.89. The van der Waals surface area contributed by atoms with Crippen molar-refractivity contribution in [2.24, 2.45) is 12.5 Å². The summed E-state index contributed by atoms with van der Waals surface area (Å²) in [7, 11) is 1.71. The summed E-state index contributed by atoms with van der Waals surface area (Å²) < 4.78 is 6.67. The second-order valence-electron chi connectivity index (χ2n) is 4.64. The molecule has 2 heterocycles. The molecule has 7 nitrogen and oxygen atoms in total. The summed E-state index contributed by atoms with van der Waals surface area (Å²) in [6, 6.07) is 1.02. The highest BCUT2D eigenvalue weighted by atomic mass is 16.5. The molecule has 0 aliphatic carbocycles. The van der Waals surface area contributed by atoms with Crippen molar-refractivity contribution in [3.8, 4) is 0 Å². The third kappa shape index (κ3) is 2.08. The van der Waals surface area contributed by atoms with Gasteiger partial charge in [0.1, 0.15) is 11.1 Å². The Morgan fingerprint density at radius 1 is 1.67 bits per heavy atom. The second kappa shape index (κ2) is 4.41. The Morgan fingerprint density at radius 3 is 2.94 bits per heavy atom. The second-order valence-corrected chi connectivity index (χ2v) is 4.64. The van der Waals surface area contributed by atoms with E-state index in [1.54, 1.807) is 26.2 Å². The lowest BCUT2D eigenvalue weighted by molar-refractivity contribution is -0.148. The quantitative estimate of drug-likeness (QED) is 0.767. The number of nitrogens with zero attached hydrogens (tertiary/aromatic N) is 2. The van der Waals surface area contributed by atoms with Gasteiger partial charge in [-0.2, -0.15) is 5.10 Å². The molecule has 7 heteroatoms. The molecule has 0 spiro atoms. The first-order valence-corrected chi connectivity index (χ1v) is 5.55. The van der Waals surface area contributed by atoms with Crippen molar-refractivity contribution < 1.29 is 19.4 Å². The summed E-state index contributed by atoms with van der Waals surface area (Å²) in [6.45, 7) is 1.85. The van der Waals surface area contributed by atoms with Crippen molar-refractivity contribution in [1.82, 2.24) is 15.1 Å². The van der Waals surface area contributed by atoms with Gasteiger partial charge in [0.25, 0.3) is 5.91 Å². The molecule has 2 atom stereocenters. The number of carbonyl (C=O) groups is 2. The van der Waals surface area contributed by atoms with E-state index in [1.807, 2.05) is 0 Å². The molecule has 0 aromatic carbocycles. The average Bonchev–Trinajstić information content (AvgIpc) is 2.87. The number of carboxylic acids is 1. The Labute approximate surface area is 104 Å². The zero-order chi connectivity index (χ0) is 13.3. The van der Waals surface area contributed by atoms with Crippen LogP contribution in [0.1, 0.15) is 17.4 Å². The van der Waals surface area contributed by atoms with Gasteiger partial charge in [0.15, 0.2) is 0 Å². The molecule has 1 aliphatic rings. The number of carboxylic acid groups (broad SMARTS) is 1. The molecule has 1 fully saturated rings. The molecule has 2 rings (SSSR count). The third-order valence-corrected chi connectivity index (χ3v) is 3.20. The van der Waals surface area contributed by atoms with E-state index in [0.717, 1.165) is 0 Å². The van der Waals surface area contributed by atoms with Crippen molar-refractivity contribution in [2.75, 3.05) is 13.2 Å². The Balaban J connectivity index is 2.10. The largest absolute Gasteiger partial charge is 0.481 e. The van der Waals surface area contributed by atoms with Gasteiger partial charge in [-0.15, -0.1) is 0 Å². The lowest BCUT2D eigenvalue weighted by atomic mass is 9.85. The van der Waals surface area contributed by atoms with E-state index in [2.05, 4.69) is 10.4 Å². The standard InChI is InChI=1S/C11H15N3O4/c1-11(10(16)17)6-18-5-8(11)12-9(15)7-3-4-14(2)13-7/h3-4,8H,5-6H2,1-2H3,(H,12,15)(H,16,17). The first-order chi connectivity index (χ1) is 8.43. The van der Waals surface area contributed by atoms with Crippen LogP contribution >= 0.6 is 0 Å². The van der Waals surface area contributed by atoms with Gasteiger partial charge in [-0.1, -0.05) is 0 Å². The number of amides is 1. The van der Waals surface area contributed by atoms with Crippen molar-refractivity contribution in [3.05, 3.63) is 18.0 Å². The smallest absolute Gasteiger partial charge is 0.313 e. The monoisotopic (exact) mass is 253 g/mol. The maximum absolute atomic E-state index is 11.9. The molecular formula is C11H15N3O4. The number of nitrogens with one attached hydrogen (secondary N) is 1. The molecule has 1 amide bonds. The summed E-state index contributed by atoms with van der Waals surface area (Å²) in [5.74, 6) is -1.37. The fourth-order valence-electron chi connectivity index (χ4n) is 1.85. The topological polar surface area (TPSA) is 93.5 Å². The van der Waals surface area contributed by atoms with Crippen LogP contribution in [0.2, 0.25) is 0 Å². The van der Waals surface area contributed by atoms with Gasteiger partial charge in [0.2, 0.25) is 0 Å². The summed E-state index contributed by atoms with van der Waals surface area (Å²) in [4.78, 5) is 23.1. The molecule has 0 bridgehead atoms. The van der Waals surface area contributed by atoms with Gasteiger partial charge in [0, 0.05) is 13.2 Å². The molecule has 98 valence electrons. The molecule has 1 aromatic heterocycles. The first kappa shape index (κ1) is 12.6. The van der Waals surface area contributed by atoms with Crippen molar-refractivity contribution in [2.45, 2.75) is 13.0 Å². The van der Waals surface area contributed by atoms with Crippen LogP contribution in [-0.4, -0.2) is 46.0 Å². The minimum absolute atomic E-state index is 0.0928. The molecule has 0 radical (unpaired) electrons. The maximum atomic E-state index is 11.9. The minimum atomic E-state index is -1.09. The van der Waals surface area contributed by atoms with Crippen molar-refractivity contribution in [1.29, 1.82) is 0 Å². The highest BCUT2D eigenvalue weighted by molar-refractivity contribution is 5.93. The lowest BCUT2D eigenvalue weighted by Crippen LogP contribution is -2.49. The van der Waals surface area contributed by atoms with Crippen LogP contribution < -0.4 is 5.32 Å². The summed E-state index contributed by atoms with van der Waals surface area (Å²) in [5, 5.41) is 15.8. The zero-order valence-corrected chi connectivity index (χ0v) is 10.2. The van der Waals surface area contributed by atoms with Crippen molar-refractivity contribution >= 4 is 11.9 Å². The Bertz CT molecular complexity index is 484. The lowest BCUT2D eigenvalue weighted by Gasteiger charge is -2.25. The van der Waals surface area contributed by atoms with E-state index in [1.165, 1.54) is 4.68 Å². The highest BCUT2D eigenvalue weighted by Crippen LogP contribution is 2.28. The number of hydrogen-bond acceptors (Lipinski definition) is 4. The van der Waals surface area contributed by atoms with Crippen LogP contribution in [0, 0.1) is 5.41 Å². The number of hydrogen-bond donors (Lipinski definition) is 2. The van der Waals surface area contributed by atoms with Crippen LogP contribution in [0.3, 0.4) is 0 Å². The van der Waals surface area contributed by atoms with Crippen LogP contribution in [-0.2, 0) is 16.6 Å². The summed E-state index contributed by atoms with van der Waals surface area (Å²) in [5.41, 5.74) is -0.832. The summed E-state index contributed by atoms with van der Waals surface area (Å²) >= 11 is 0. The normalized spacial score (nSPS) is 27.1. The van der Waals surface area contributed by atoms with Gasteiger partial charge in [-0.05, 0) is 13.0 Å². The third-order valence-electron chi connectivity index (χ3n) is 3.20. The molecule has 2 unspecified atom stereocenters. The predicted octanol–water partition coefficient (Wildman–Crippen LogP) is -0.360. The van der Waals surface area contributed by atoms with E-state index in [9.17, 15) is 14.7 Å². The Kier molecular flexibility index (Phi) is 3.08. The molecule has 18 heavy (non-hydrogen) atoms. The number of carbonyl (C=O) groups excluding carboxylic acids is 1. The summed E-state index contributed by atoms with van der Waals surface area (Å²) in [6.07, 6.45) is 1.65.